The Kier molecular flexibility index (Phi) is 6.02. The largest absolute Gasteiger partial charge is 0.496 e. The number of aryl methyl sites for hydroxylation is 1. The maximum atomic E-state index is 12.8. The van der Waals surface area contributed by atoms with Gasteiger partial charge in [0, 0.05) is 17.9 Å². The monoisotopic (exact) mass is 440 g/mol. The maximum Gasteiger partial charge on any atom is 0.296 e. The second-order valence-corrected chi connectivity index (χ2v) is 7.18. The molecule has 0 saturated carbocycles. The molecule has 31 heavy (non-hydrogen) atoms. The van der Waals surface area contributed by atoms with Crippen molar-refractivity contribution in [2.24, 2.45) is 0 Å². The van der Waals surface area contributed by atoms with Gasteiger partial charge in [-0.05, 0) is 55.9 Å². The van der Waals surface area contributed by atoms with Crippen molar-refractivity contribution < 1.29 is 19.2 Å². The average Bonchev–Trinajstić information content (AvgIpc) is 3.00. The Morgan fingerprint density at radius 3 is 2.61 bits per heavy atom. The molecule has 1 aromatic heterocycles. The summed E-state index contributed by atoms with van der Waals surface area (Å²) in [5, 5.41) is 14.1. The normalized spacial score (nSPS) is 15.3. The molecule has 1 saturated heterocycles. The number of ether oxygens (including phenoxy) is 1. The Morgan fingerprint density at radius 1 is 1.29 bits per heavy atom. The van der Waals surface area contributed by atoms with Gasteiger partial charge in [0.2, 0.25) is 0 Å². The van der Waals surface area contributed by atoms with Gasteiger partial charge in [-0.3, -0.25) is 29.9 Å². The van der Waals surface area contributed by atoms with Gasteiger partial charge in [-0.25, -0.2) is 0 Å². The minimum atomic E-state index is -0.601. The van der Waals surface area contributed by atoms with Crippen LogP contribution >= 0.6 is 12.2 Å². The first kappa shape index (κ1) is 21.9. The van der Waals surface area contributed by atoms with Crippen molar-refractivity contribution in [2.75, 3.05) is 13.7 Å². The van der Waals surface area contributed by atoms with Crippen molar-refractivity contribution in [3.8, 4) is 11.4 Å². The van der Waals surface area contributed by atoms with E-state index in [1.807, 2.05) is 0 Å². The van der Waals surface area contributed by atoms with Gasteiger partial charge in [0.25, 0.3) is 17.5 Å². The number of amides is 2. The number of aromatic nitrogens is 1. The summed E-state index contributed by atoms with van der Waals surface area (Å²) < 4.78 is 6.79. The zero-order chi connectivity index (χ0) is 22.9. The third-order valence-electron chi connectivity index (χ3n) is 4.89. The molecule has 160 valence electrons. The number of carbonyl (C=O) groups excluding carboxylic acids is 2. The van der Waals surface area contributed by atoms with Crippen LogP contribution in [0.4, 0.5) is 5.69 Å². The SMILES string of the molecule is C=CCN1C(=O)/C(=C/c2cc(C)n(-c3ccc(OC)cc3[N+](=O)[O-])c2C)C(=O)NC1=S. The van der Waals surface area contributed by atoms with Crippen molar-refractivity contribution >= 4 is 40.9 Å². The molecule has 3 rings (SSSR count). The molecule has 1 aliphatic heterocycles. The topological polar surface area (TPSA) is 107 Å². The zero-order valence-electron chi connectivity index (χ0n) is 17.2. The van der Waals surface area contributed by atoms with E-state index >= 15 is 0 Å². The van der Waals surface area contributed by atoms with Gasteiger partial charge in [0.15, 0.2) is 5.11 Å². The predicted molar refractivity (Wildman–Crippen MR) is 119 cm³/mol. The quantitative estimate of drug-likeness (QED) is 0.185. The molecule has 0 atom stereocenters. The lowest BCUT2D eigenvalue weighted by Crippen LogP contribution is -2.53. The minimum Gasteiger partial charge on any atom is -0.496 e. The van der Waals surface area contributed by atoms with Crippen molar-refractivity contribution in [3.63, 3.8) is 0 Å². The highest BCUT2D eigenvalue weighted by molar-refractivity contribution is 7.80. The van der Waals surface area contributed by atoms with E-state index in [1.54, 1.807) is 36.6 Å². The molecule has 0 aliphatic carbocycles. The molecule has 1 aromatic carbocycles. The molecule has 0 bridgehead atoms. The summed E-state index contributed by atoms with van der Waals surface area (Å²) in [4.78, 5) is 37.6. The van der Waals surface area contributed by atoms with E-state index in [2.05, 4.69) is 11.9 Å². The summed E-state index contributed by atoms with van der Waals surface area (Å²) in [5.74, 6) is -0.771. The highest BCUT2D eigenvalue weighted by atomic mass is 32.1. The molecule has 9 nitrogen and oxygen atoms in total. The Balaban J connectivity index is 2.12. The van der Waals surface area contributed by atoms with Crippen molar-refractivity contribution in [3.05, 3.63) is 69.6 Å². The van der Waals surface area contributed by atoms with Gasteiger partial charge in [0.1, 0.15) is 17.0 Å². The van der Waals surface area contributed by atoms with Crippen LogP contribution in [0.3, 0.4) is 0 Å². The second-order valence-electron chi connectivity index (χ2n) is 6.80. The van der Waals surface area contributed by atoms with Gasteiger partial charge in [0.05, 0.1) is 18.1 Å². The maximum absolute atomic E-state index is 12.8. The van der Waals surface area contributed by atoms with E-state index in [0.29, 0.717) is 28.4 Å². The molecular weight excluding hydrogens is 420 g/mol. The molecule has 1 aliphatic rings. The zero-order valence-corrected chi connectivity index (χ0v) is 18.0. The number of hydrogen-bond donors (Lipinski definition) is 1. The molecule has 1 N–H and O–H groups in total. The van der Waals surface area contributed by atoms with Crippen LogP contribution in [0.25, 0.3) is 11.8 Å². The van der Waals surface area contributed by atoms with Crippen LogP contribution in [0.2, 0.25) is 0 Å². The lowest BCUT2D eigenvalue weighted by atomic mass is 10.1. The summed E-state index contributed by atoms with van der Waals surface area (Å²) in [7, 11) is 1.43. The van der Waals surface area contributed by atoms with E-state index in [9.17, 15) is 19.7 Å². The molecule has 10 heteroatoms. The predicted octanol–water partition coefficient (Wildman–Crippen LogP) is 2.82. The summed E-state index contributed by atoms with van der Waals surface area (Å²) >= 11 is 5.06. The second kappa shape index (κ2) is 8.52. The number of carbonyl (C=O) groups is 2. The molecule has 0 radical (unpaired) electrons. The van der Waals surface area contributed by atoms with Gasteiger partial charge < -0.3 is 9.30 Å². The summed E-state index contributed by atoms with van der Waals surface area (Å²) in [6.45, 7) is 7.29. The fourth-order valence-electron chi connectivity index (χ4n) is 3.41. The summed E-state index contributed by atoms with van der Waals surface area (Å²) in [6.07, 6.45) is 2.97. The van der Waals surface area contributed by atoms with Crippen molar-refractivity contribution in [1.82, 2.24) is 14.8 Å². The number of thiocarbonyl (C=S) groups is 1. The molecule has 0 spiro atoms. The number of benzene rings is 1. The number of nitro benzene ring substituents is 1. The first-order valence-corrected chi connectivity index (χ1v) is 9.62. The number of nitrogens with zero attached hydrogens (tertiary/aromatic N) is 3. The van der Waals surface area contributed by atoms with Crippen LogP contribution in [0.5, 0.6) is 5.75 Å². The number of hydrogen-bond acceptors (Lipinski definition) is 6. The van der Waals surface area contributed by atoms with Gasteiger partial charge >= 0.3 is 0 Å². The Morgan fingerprint density at radius 2 is 2.00 bits per heavy atom. The van der Waals surface area contributed by atoms with Crippen LogP contribution in [0, 0.1) is 24.0 Å². The van der Waals surface area contributed by atoms with Gasteiger partial charge in [-0.2, -0.15) is 0 Å². The standard InChI is InChI=1S/C21H20N4O5S/c1-5-8-23-20(27)16(19(26)22-21(23)31)10-14-9-12(2)24(13(14)3)17-7-6-15(30-4)11-18(17)25(28)29/h5-7,9-11H,1,8H2,2-4H3,(H,22,26,31)/b16-10+. The van der Waals surface area contributed by atoms with Gasteiger partial charge in [-0.15, -0.1) is 6.58 Å². The first-order chi connectivity index (χ1) is 14.7. The van der Waals surface area contributed by atoms with E-state index in [4.69, 9.17) is 17.0 Å². The summed E-state index contributed by atoms with van der Waals surface area (Å²) in [5.41, 5.74) is 2.03. The molecule has 2 amide bonds. The average molecular weight is 440 g/mol. The van der Waals surface area contributed by atoms with E-state index in [0.717, 1.165) is 0 Å². The fraction of sp³-hybridized carbons (Fsp3) is 0.190. The highest BCUT2D eigenvalue weighted by Gasteiger charge is 2.33. The highest BCUT2D eigenvalue weighted by Crippen LogP contribution is 2.32. The Labute approximate surface area is 183 Å². The lowest BCUT2D eigenvalue weighted by Gasteiger charge is -2.27. The smallest absolute Gasteiger partial charge is 0.296 e. The van der Waals surface area contributed by atoms with Crippen LogP contribution in [-0.4, -0.2) is 45.0 Å². The fourth-order valence-corrected chi connectivity index (χ4v) is 3.66. The molecule has 2 heterocycles. The number of rotatable bonds is 6. The first-order valence-electron chi connectivity index (χ1n) is 9.21. The van der Waals surface area contributed by atoms with Crippen molar-refractivity contribution in [2.45, 2.75) is 13.8 Å². The van der Waals surface area contributed by atoms with Gasteiger partial charge in [-0.1, -0.05) is 6.08 Å². The molecule has 0 unspecified atom stereocenters. The molecule has 2 aromatic rings. The van der Waals surface area contributed by atoms with Crippen LogP contribution in [0.15, 0.2) is 42.5 Å². The van der Waals surface area contributed by atoms with E-state index in [1.165, 1.54) is 30.2 Å². The minimum absolute atomic E-state index is 0.0198. The molecule has 1 fully saturated rings. The Bertz CT molecular complexity index is 1160. The number of nitro groups is 1. The third-order valence-corrected chi connectivity index (χ3v) is 5.21. The lowest BCUT2D eigenvalue weighted by molar-refractivity contribution is -0.384. The Hall–Kier alpha value is -3.79. The summed E-state index contributed by atoms with van der Waals surface area (Å²) in [6, 6.07) is 6.32. The van der Waals surface area contributed by atoms with E-state index in [-0.39, 0.29) is 22.9 Å². The van der Waals surface area contributed by atoms with E-state index < -0.39 is 16.7 Å². The number of methoxy groups -OCH3 is 1. The molecular formula is C21H20N4O5S. The van der Waals surface area contributed by atoms with Crippen LogP contribution in [0.1, 0.15) is 17.0 Å². The van der Waals surface area contributed by atoms with Crippen LogP contribution in [-0.2, 0) is 9.59 Å². The van der Waals surface area contributed by atoms with Crippen molar-refractivity contribution in [1.29, 1.82) is 0 Å². The number of nitrogens with one attached hydrogen (secondary N) is 1. The third kappa shape index (κ3) is 3.97. The van der Waals surface area contributed by atoms with Crippen LogP contribution < -0.4 is 10.1 Å².